The average Bonchev–Trinajstić information content (AvgIpc) is 2.37. The summed E-state index contributed by atoms with van der Waals surface area (Å²) in [4.78, 5) is 2.11. The van der Waals surface area contributed by atoms with Gasteiger partial charge in [-0.2, -0.15) is 0 Å². The third-order valence-electron chi connectivity index (χ3n) is 3.05. The molecule has 0 amide bonds. The van der Waals surface area contributed by atoms with Crippen LogP contribution in [-0.2, 0) is 15.9 Å². The van der Waals surface area contributed by atoms with Crippen molar-refractivity contribution in [2.24, 2.45) is 0 Å². The Hall–Kier alpha value is -0.900. The summed E-state index contributed by atoms with van der Waals surface area (Å²) in [5.74, 6) is -0.669. The van der Waals surface area contributed by atoms with Crippen molar-refractivity contribution >= 4 is 0 Å². The van der Waals surface area contributed by atoms with Gasteiger partial charge in [0.05, 0.1) is 0 Å². The highest BCUT2D eigenvalue weighted by Crippen LogP contribution is 2.22. The molecule has 17 heavy (non-hydrogen) atoms. The molecule has 1 rings (SSSR count). The highest BCUT2D eigenvalue weighted by Gasteiger charge is 2.34. The van der Waals surface area contributed by atoms with E-state index < -0.39 is 5.91 Å². The minimum Gasteiger partial charge on any atom is -0.340 e. The van der Waals surface area contributed by atoms with Gasteiger partial charge in [-0.15, -0.1) is 0 Å². The molecule has 0 radical (unpaired) electrons. The van der Waals surface area contributed by atoms with Crippen LogP contribution in [-0.4, -0.2) is 38.6 Å². The first-order valence-electron chi connectivity index (χ1n) is 6.04. The van der Waals surface area contributed by atoms with E-state index in [1.807, 2.05) is 25.2 Å². The number of ether oxygens (including phenoxy) is 2. The fourth-order valence-corrected chi connectivity index (χ4v) is 2.03. The Kier molecular flexibility index (Phi) is 5.62. The zero-order chi connectivity index (χ0) is 12.7. The van der Waals surface area contributed by atoms with Crippen molar-refractivity contribution in [2.75, 3.05) is 27.8 Å². The van der Waals surface area contributed by atoms with Gasteiger partial charge in [-0.3, -0.25) is 4.90 Å². The van der Waals surface area contributed by atoms with E-state index in [9.17, 15) is 0 Å². The van der Waals surface area contributed by atoms with Crippen molar-refractivity contribution in [3.05, 3.63) is 35.9 Å². The van der Waals surface area contributed by atoms with Crippen LogP contribution in [0.15, 0.2) is 30.3 Å². The van der Waals surface area contributed by atoms with Gasteiger partial charge in [0, 0.05) is 27.2 Å². The summed E-state index contributed by atoms with van der Waals surface area (Å²) >= 11 is 0. The molecule has 0 N–H and O–H groups in total. The van der Waals surface area contributed by atoms with Gasteiger partial charge in [0.15, 0.2) is 0 Å². The summed E-state index contributed by atoms with van der Waals surface area (Å²) in [5, 5.41) is 0. The first-order chi connectivity index (χ1) is 8.18. The molecule has 96 valence electrons. The van der Waals surface area contributed by atoms with Crippen molar-refractivity contribution < 1.29 is 9.47 Å². The first kappa shape index (κ1) is 14.2. The number of nitrogens with zero attached hydrogens (tertiary/aromatic N) is 1. The predicted molar refractivity (Wildman–Crippen MR) is 69.8 cm³/mol. The Morgan fingerprint density at radius 1 is 1.12 bits per heavy atom. The van der Waals surface area contributed by atoms with Crippen LogP contribution in [0.1, 0.15) is 18.9 Å². The van der Waals surface area contributed by atoms with Crippen LogP contribution in [0.2, 0.25) is 0 Å². The first-order valence-corrected chi connectivity index (χ1v) is 6.04. The summed E-state index contributed by atoms with van der Waals surface area (Å²) in [7, 11) is 5.41. The fraction of sp³-hybridized carbons (Fsp3) is 0.571. The normalized spacial score (nSPS) is 12.1. The summed E-state index contributed by atoms with van der Waals surface area (Å²) in [5.41, 5.74) is 1.21. The number of likely N-dealkylation sites (N-methyl/N-ethyl adjacent to an activating group) is 1. The van der Waals surface area contributed by atoms with Crippen molar-refractivity contribution in [1.29, 1.82) is 0 Å². The topological polar surface area (TPSA) is 21.7 Å². The average molecular weight is 237 g/mol. The van der Waals surface area contributed by atoms with Gasteiger partial charge in [-0.25, -0.2) is 0 Å². The molecule has 3 nitrogen and oxygen atoms in total. The molecule has 0 aromatic heterocycles. The third kappa shape index (κ3) is 3.53. The van der Waals surface area contributed by atoms with Crippen LogP contribution < -0.4 is 0 Å². The smallest absolute Gasteiger partial charge is 0.233 e. The molecule has 1 aromatic carbocycles. The molecule has 0 fully saturated rings. The number of methoxy groups -OCH3 is 2. The Balaban J connectivity index is 2.84. The largest absolute Gasteiger partial charge is 0.340 e. The summed E-state index contributed by atoms with van der Waals surface area (Å²) in [6.45, 7) is 3.09. The number of benzene rings is 1. The van der Waals surface area contributed by atoms with Crippen LogP contribution in [0.4, 0.5) is 0 Å². The maximum Gasteiger partial charge on any atom is 0.233 e. The molecule has 0 saturated carbocycles. The van der Waals surface area contributed by atoms with Gasteiger partial charge in [0.2, 0.25) is 5.91 Å². The lowest BCUT2D eigenvalue weighted by Gasteiger charge is -2.39. The SMILES string of the molecule is CCCN(C)C(Cc1ccccc1)(OC)OC. The van der Waals surface area contributed by atoms with Gasteiger partial charge in [0.25, 0.3) is 0 Å². The monoisotopic (exact) mass is 237 g/mol. The molecule has 0 unspecified atom stereocenters. The van der Waals surface area contributed by atoms with Gasteiger partial charge in [-0.1, -0.05) is 37.3 Å². The van der Waals surface area contributed by atoms with E-state index in [1.165, 1.54) is 5.56 Å². The second-order valence-corrected chi connectivity index (χ2v) is 4.20. The minimum absolute atomic E-state index is 0.669. The molecule has 0 aliphatic carbocycles. The number of hydrogen-bond acceptors (Lipinski definition) is 3. The van der Waals surface area contributed by atoms with E-state index in [4.69, 9.17) is 9.47 Å². The molecule has 0 spiro atoms. The third-order valence-corrected chi connectivity index (χ3v) is 3.05. The van der Waals surface area contributed by atoms with Gasteiger partial charge >= 0.3 is 0 Å². The standard InChI is InChI=1S/C14H23NO2/c1-5-11-15(2)14(16-3,17-4)12-13-9-7-6-8-10-13/h6-10H,5,11-12H2,1-4H3. The van der Waals surface area contributed by atoms with Gasteiger partial charge in [0.1, 0.15) is 0 Å². The number of rotatable bonds is 7. The zero-order valence-corrected chi connectivity index (χ0v) is 11.3. The lowest BCUT2D eigenvalue weighted by Crippen LogP contribution is -2.51. The minimum atomic E-state index is -0.669. The summed E-state index contributed by atoms with van der Waals surface area (Å²) in [6, 6.07) is 10.3. The quantitative estimate of drug-likeness (QED) is 0.680. The van der Waals surface area contributed by atoms with Crippen LogP contribution in [0, 0.1) is 0 Å². The molecular weight excluding hydrogens is 214 g/mol. The highest BCUT2D eigenvalue weighted by atomic mass is 16.7. The zero-order valence-electron chi connectivity index (χ0n) is 11.3. The molecule has 0 aliphatic heterocycles. The van der Waals surface area contributed by atoms with E-state index >= 15 is 0 Å². The Labute approximate surface area is 104 Å². The maximum absolute atomic E-state index is 5.61. The molecule has 0 saturated heterocycles. The van der Waals surface area contributed by atoms with E-state index in [-0.39, 0.29) is 0 Å². The van der Waals surface area contributed by atoms with Crippen molar-refractivity contribution in [2.45, 2.75) is 25.7 Å². The lowest BCUT2D eigenvalue weighted by molar-refractivity contribution is -0.288. The molecular formula is C14H23NO2. The summed E-state index contributed by atoms with van der Waals surface area (Å²) < 4.78 is 11.2. The maximum atomic E-state index is 5.61. The highest BCUT2D eigenvalue weighted by molar-refractivity contribution is 5.16. The second-order valence-electron chi connectivity index (χ2n) is 4.20. The van der Waals surface area contributed by atoms with Crippen LogP contribution >= 0.6 is 0 Å². The fourth-order valence-electron chi connectivity index (χ4n) is 2.03. The van der Waals surface area contributed by atoms with Crippen molar-refractivity contribution in [3.8, 4) is 0 Å². The summed E-state index contributed by atoms with van der Waals surface area (Å²) in [6.07, 6.45) is 1.79. The molecule has 3 heteroatoms. The Morgan fingerprint density at radius 3 is 2.18 bits per heavy atom. The van der Waals surface area contributed by atoms with Crippen molar-refractivity contribution in [3.63, 3.8) is 0 Å². The lowest BCUT2D eigenvalue weighted by atomic mass is 10.1. The van der Waals surface area contributed by atoms with Gasteiger partial charge < -0.3 is 9.47 Å². The molecule has 0 aliphatic rings. The predicted octanol–water partition coefficient (Wildman–Crippen LogP) is 2.52. The van der Waals surface area contributed by atoms with E-state index in [2.05, 4.69) is 24.0 Å². The van der Waals surface area contributed by atoms with Gasteiger partial charge in [-0.05, 0) is 19.0 Å². The van der Waals surface area contributed by atoms with Crippen molar-refractivity contribution in [1.82, 2.24) is 4.90 Å². The molecule has 0 bridgehead atoms. The van der Waals surface area contributed by atoms with Crippen LogP contribution in [0.3, 0.4) is 0 Å². The van der Waals surface area contributed by atoms with Crippen LogP contribution in [0.25, 0.3) is 0 Å². The van der Waals surface area contributed by atoms with E-state index in [0.29, 0.717) is 0 Å². The molecule has 0 heterocycles. The number of hydrogen-bond donors (Lipinski definition) is 0. The Bertz CT molecular complexity index is 309. The second kappa shape index (κ2) is 6.74. The molecule has 1 aromatic rings. The molecule has 0 atom stereocenters. The van der Waals surface area contributed by atoms with Crippen LogP contribution in [0.5, 0.6) is 0 Å². The van der Waals surface area contributed by atoms with E-state index in [1.54, 1.807) is 14.2 Å². The van der Waals surface area contributed by atoms with E-state index in [0.717, 1.165) is 19.4 Å². The Morgan fingerprint density at radius 2 is 1.71 bits per heavy atom.